The Morgan fingerprint density at radius 1 is 0.488 bits per heavy atom. The second-order valence-electron chi connectivity index (χ2n) is 9.34. The van der Waals surface area contributed by atoms with Crippen LogP contribution in [0.5, 0.6) is 11.5 Å². The fraction of sp³-hybridized carbons (Fsp3) is 0.438. The number of hydrogen-bond acceptors (Lipinski definition) is 10. The highest BCUT2D eigenvalue weighted by molar-refractivity contribution is 6.33. The maximum Gasteiger partial charge on any atom is 0.120 e. The van der Waals surface area contributed by atoms with Crippen LogP contribution in [0, 0.1) is 0 Å². The summed E-state index contributed by atoms with van der Waals surface area (Å²) in [5.41, 5.74) is 2.67. The molecule has 0 unspecified atom stereocenters. The maximum absolute atomic E-state index is 6.39. The molecule has 43 heavy (non-hydrogen) atoms. The number of benzene rings is 3. The van der Waals surface area contributed by atoms with E-state index in [4.69, 9.17) is 40.0 Å². The molecule has 3 aromatic rings. The lowest BCUT2D eigenvalue weighted by molar-refractivity contribution is 0.0674. The van der Waals surface area contributed by atoms with Gasteiger partial charge in [0.15, 0.2) is 0 Å². The third kappa shape index (κ3) is 14.5. The van der Waals surface area contributed by atoms with Crippen LogP contribution in [0.2, 0.25) is 5.02 Å². The zero-order valence-electron chi connectivity index (χ0n) is 25.0. The highest BCUT2D eigenvalue weighted by Gasteiger charge is 2.03. The number of halogens is 1. The molecule has 0 N–H and O–H groups in total. The second-order valence-corrected chi connectivity index (χ2v) is 9.75. The molecule has 0 aliphatic heterocycles. The van der Waals surface area contributed by atoms with Gasteiger partial charge in [-0.05, 0) is 86.3 Å². The van der Waals surface area contributed by atoms with E-state index in [2.05, 4.69) is 20.5 Å². The third-order valence-corrected chi connectivity index (χ3v) is 6.23. The molecule has 0 atom stereocenters. The number of nitrogens with zero attached hydrogens (tertiary/aromatic N) is 4. The van der Waals surface area contributed by atoms with Crippen LogP contribution in [-0.2, 0) is 18.9 Å². The quantitative estimate of drug-likeness (QED) is 0.0829. The van der Waals surface area contributed by atoms with Crippen molar-refractivity contribution in [2.75, 3.05) is 67.1 Å². The molecule has 0 bridgehead atoms. The lowest BCUT2D eigenvalue weighted by Gasteiger charge is -2.07. The molecule has 11 heteroatoms. The lowest BCUT2D eigenvalue weighted by atomic mass is 10.3. The molecule has 0 aromatic heterocycles. The van der Waals surface area contributed by atoms with Gasteiger partial charge in [-0.15, -0.1) is 5.11 Å². The Hall–Kier alpha value is -3.41. The minimum Gasteiger partial charge on any atom is -0.494 e. The number of hydrogen-bond donors (Lipinski definition) is 0. The number of methoxy groups -OCH3 is 2. The first-order valence-corrected chi connectivity index (χ1v) is 14.8. The van der Waals surface area contributed by atoms with E-state index in [-0.39, 0.29) is 0 Å². The van der Waals surface area contributed by atoms with Gasteiger partial charge in [0.2, 0.25) is 0 Å². The van der Waals surface area contributed by atoms with E-state index in [1.807, 2.05) is 54.6 Å². The molecule has 0 fully saturated rings. The first-order chi connectivity index (χ1) is 21.2. The van der Waals surface area contributed by atoms with Crippen LogP contribution >= 0.6 is 11.6 Å². The van der Waals surface area contributed by atoms with Gasteiger partial charge < -0.3 is 28.4 Å². The molecule has 0 saturated carbocycles. The van der Waals surface area contributed by atoms with Crippen molar-refractivity contribution in [2.24, 2.45) is 20.5 Å². The predicted octanol–water partition coefficient (Wildman–Crippen LogP) is 8.81. The van der Waals surface area contributed by atoms with Gasteiger partial charge >= 0.3 is 0 Å². The smallest absolute Gasteiger partial charge is 0.120 e. The van der Waals surface area contributed by atoms with Crippen molar-refractivity contribution in [1.82, 2.24) is 0 Å². The fourth-order valence-corrected chi connectivity index (χ4v) is 3.77. The van der Waals surface area contributed by atoms with Crippen LogP contribution in [0.15, 0.2) is 87.2 Å². The van der Waals surface area contributed by atoms with Crippen molar-refractivity contribution in [3.8, 4) is 11.5 Å². The number of azo groups is 2. The molecule has 10 nitrogen and oxygen atoms in total. The van der Waals surface area contributed by atoms with Crippen LogP contribution < -0.4 is 9.47 Å². The Morgan fingerprint density at radius 2 is 0.930 bits per heavy atom. The predicted molar refractivity (Wildman–Crippen MR) is 168 cm³/mol. The van der Waals surface area contributed by atoms with E-state index < -0.39 is 0 Å². The zero-order chi connectivity index (χ0) is 30.4. The largest absolute Gasteiger partial charge is 0.494 e. The van der Waals surface area contributed by atoms with Gasteiger partial charge in [0.25, 0.3) is 0 Å². The Labute approximate surface area is 259 Å². The molecule has 3 rings (SSSR count). The van der Waals surface area contributed by atoms with Gasteiger partial charge in [-0.25, -0.2) is 0 Å². The van der Waals surface area contributed by atoms with Crippen molar-refractivity contribution in [3.63, 3.8) is 0 Å². The van der Waals surface area contributed by atoms with Crippen LogP contribution in [0.1, 0.15) is 25.7 Å². The van der Waals surface area contributed by atoms with Gasteiger partial charge in [-0.3, -0.25) is 0 Å². The molecular formula is C32H41ClN4O6. The highest BCUT2D eigenvalue weighted by atomic mass is 35.5. The van der Waals surface area contributed by atoms with Gasteiger partial charge in [-0.2, -0.15) is 15.3 Å². The van der Waals surface area contributed by atoms with E-state index in [0.29, 0.717) is 80.7 Å². The zero-order valence-corrected chi connectivity index (χ0v) is 25.7. The van der Waals surface area contributed by atoms with Crippen LogP contribution in [0.4, 0.5) is 22.7 Å². The number of rotatable bonds is 22. The van der Waals surface area contributed by atoms with E-state index in [1.54, 1.807) is 26.4 Å². The van der Waals surface area contributed by atoms with Crippen molar-refractivity contribution in [1.29, 1.82) is 0 Å². The fourth-order valence-electron chi connectivity index (χ4n) is 3.56. The van der Waals surface area contributed by atoms with Crippen molar-refractivity contribution >= 4 is 34.4 Å². The van der Waals surface area contributed by atoms with Crippen molar-refractivity contribution < 1.29 is 28.4 Å². The topological polar surface area (TPSA) is 105 Å². The molecule has 0 aliphatic rings. The van der Waals surface area contributed by atoms with E-state index >= 15 is 0 Å². The molecular weight excluding hydrogens is 572 g/mol. The van der Waals surface area contributed by atoms with Crippen molar-refractivity contribution in [3.05, 3.63) is 71.8 Å². The van der Waals surface area contributed by atoms with Gasteiger partial charge in [-0.1, -0.05) is 11.6 Å². The van der Waals surface area contributed by atoms with E-state index in [0.717, 1.165) is 37.1 Å². The van der Waals surface area contributed by atoms with E-state index in [1.165, 1.54) is 0 Å². The van der Waals surface area contributed by atoms with Gasteiger partial charge in [0.1, 0.15) is 17.2 Å². The minimum atomic E-state index is 0.467. The Bertz CT molecular complexity index is 1230. The summed E-state index contributed by atoms with van der Waals surface area (Å²) < 4.78 is 32.3. The third-order valence-electron chi connectivity index (χ3n) is 5.93. The summed E-state index contributed by atoms with van der Waals surface area (Å²) in [6.45, 7) is 5.08. The summed E-state index contributed by atoms with van der Waals surface area (Å²) in [5.74, 6) is 1.49. The summed E-state index contributed by atoms with van der Waals surface area (Å²) in [6.07, 6.45) is 3.67. The van der Waals surface area contributed by atoms with Crippen LogP contribution in [0.25, 0.3) is 0 Å². The Morgan fingerprint density at radius 3 is 1.44 bits per heavy atom. The molecule has 3 aromatic carbocycles. The SMILES string of the molecule is COCCOCCCCOc1ccc(N=Nc2ccc(N=Nc3ccc(OCCCCOCCOC)cc3Cl)cc2)cc1. The number of unbranched alkanes of at least 4 members (excludes halogenated alkanes) is 2. The van der Waals surface area contributed by atoms with E-state index in [9.17, 15) is 0 Å². The summed E-state index contributed by atoms with van der Waals surface area (Å²) in [6, 6.07) is 20.2. The average molecular weight is 613 g/mol. The summed E-state index contributed by atoms with van der Waals surface area (Å²) in [4.78, 5) is 0. The van der Waals surface area contributed by atoms with Gasteiger partial charge in [0, 0.05) is 33.5 Å². The molecule has 0 radical (unpaired) electrons. The average Bonchev–Trinajstić information content (AvgIpc) is 3.03. The van der Waals surface area contributed by atoms with Crippen molar-refractivity contribution in [2.45, 2.75) is 25.7 Å². The highest BCUT2D eigenvalue weighted by Crippen LogP contribution is 2.31. The monoisotopic (exact) mass is 612 g/mol. The molecule has 0 aliphatic carbocycles. The first kappa shape index (κ1) is 34.1. The maximum atomic E-state index is 6.39. The summed E-state index contributed by atoms with van der Waals surface area (Å²) >= 11 is 6.39. The first-order valence-electron chi connectivity index (χ1n) is 14.4. The molecule has 0 amide bonds. The molecule has 232 valence electrons. The second kappa shape index (κ2) is 21.3. The standard InChI is InChI=1S/C32H41ClN4O6/c1-38-21-23-40-17-3-5-19-42-29-13-11-28(12-14-29)35-34-26-7-9-27(10-8-26)36-37-32-16-15-30(25-31(32)33)43-20-6-4-18-41-24-22-39-2/h7-16,25H,3-6,17-24H2,1-2H3. The Kier molecular flexibility index (Phi) is 16.9. The molecule has 0 heterocycles. The van der Waals surface area contributed by atoms with Gasteiger partial charge in [0.05, 0.1) is 61.7 Å². The number of ether oxygens (including phenoxy) is 6. The Balaban J connectivity index is 1.37. The minimum absolute atomic E-state index is 0.467. The molecule has 0 spiro atoms. The summed E-state index contributed by atoms with van der Waals surface area (Å²) in [7, 11) is 3.32. The van der Waals surface area contributed by atoms with Crippen LogP contribution in [-0.4, -0.2) is 67.1 Å². The van der Waals surface area contributed by atoms with Crippen LogP contribution in [0.3, 0.4) is 0 Å². The lowest BCUT2D eigenvalue weighted by Crippen LogP contribution is -2.04. The normalized spacial score (nSPS) is 11.5. The summed E-state index contributed by atoms with van der Waals surface area (Å²) in [5, 5.41) is 17.6. The molecule has 0 saturated heterocycles.